The van der Waals surface area contributed by atoms with Gasteiger partial charge in [-0.05, 0) is 31.6 Å². The van der Waals surface area contributed by atoms with Gasteiger partial charge in [-0.2, -0.15) is 0 Å². The van der Waals surface area contributed by atoms with Gasteiger partial charge >= 0.3 is 5.97 Å². The minimum absolute atomic E-state index is 0.304. The van der Waals surface area contributed by atoms with Crippen LogP contribution in [0.3, 0.4) is 0 Å². The molecule has 2 nitrogen and oxygen atoms in total. The Kier molecular flexibility index (Phi) is 7.36. The van der Waals surface area contributed by atoms with Crippen molar-refractivity contribution in [3.05, 3.63) is 12.2 Å². The van der Waals surface area contributed by atoms with Crippen molar-refractivity contribution < 1.29 is 9.90 Å². The molecule has 0 aliphatic carbocycles. The number of carbonyl (C=O) groups is 1. The third kappa shape index (κ3) is 11.2. The second-order valence-corrected chi connectivity index (χ2v) is 3.74. The van der Waals surface area contributed by atoms with Crippen LogP contribution in [0, 0.1) is 5.92 Å². The highest BCUT2D eigenvalue weighted by Crippen LogP contribution is 2.04. The molecular formula is C11H20O2. The van der Waals surface area contributed by atoms with E-state index in [-0.39, 0.29) is 0 Å². The molecule has 0 aliphatic heterocycles. The number of carboxylic acids is 1. The highest BCUT2D eigenvalue weighted by molar-refractivity contribution is 5.66. The number of hydrogen-bond donors (Lipinski definition) is 1. The van der Waals surface area contributed by atoms with Crippen LogP contribution in [-0.2, 0) is 4.79 Å². The zero-order chi connectivity index (χ0) is 10.1. The minimum Gasteiger partial charge on any atom is -0.481 e. The van der Waals surface area contributed by atoms with Gasteiger partial charge in [0.05, 0.1) is 0 Å². The molecule has 0 unspecified atom stereocenters. The summed E-state index contributed by atoms with van der Waals surface area (Å²) in [5.74, 6) is 0.0291. The molecule has 0 aromatic rings. The van der Waals surface area contributed by atoms with Crippen LogP contribution < -0.4 is 0 Å². The van der Waals surface area contributed by atoms with Gasteiger partial charge in [-0.15, -0.1) is 0 Å². The molecule has 13 heavy (non-hydrogen) atoms. The first-order chi connectivity index (χ1) is 6.13. The van der Waals surface area contributed by atoms with E-state index in [0.29, 0.717) is 6.42 Å². The molecule has 0 rings (SSSR count). The quantitative estimate of drug-likeness (QED) is 0.487. The summed E-state index contributed by atoms with van der Waals surface area (Å²) >= 11 is 0. The highest BCUT2D eigenvalue weighted by Gasteiger charge is 1.94. The lowest BCUT2D eigenvalue weighted by molar-refractivity contribution is -0.137. The lowest BCUT2D eigenvalue weighted by atomic mass is 10.1. The summed E-state index contributed by atoms with van der Waals surface area (Å²) in [6, 6.07) is 0. The first kappa shape index (κ1) is 12.2. The Bertz CT molecular complexity index is 159. The van der Waals surface area contributed by atoms with Crippen LogP contribution in [0.1, 0.15) is 46.0 Å². The molecule has 2 heteroatoms. The SMILES string of the molecule is CC(C)C/C=C/CCCCC(=O)O. The third-order valence-electron chi connectivity index (χ3n) is 1.79. The maximum absolute atomic E-state index is 10.2. The number of rotatable bonds is 7. The summed E-state index contributed by atoms with van der Waals surface area (Å²) < 4.78 is 0. The van der Waals surface area contributed by atoms with Crippen molar-refractivity contribution in [3.8, 4) is 0 Å². The molecule has 1 N–H and O–H groups in total. The van der Waals surface area contributed by atoms with Crippen LogP contribution in [0.5, 0.6) is 0 Å². The fourth-order valence-electron chi connectivity index (χ4n) is 1.02. The molecule has 76 valence electrons. The van der Waals surface area contributed by atoms with Crippen molar-refractivity contribution >= 4 is 5.97 Å². The van der Waals surface area contributed by atoms with E-state index >= 15 is 0 Å². The summed E-state index contributed by atoms with van der Waals surface area (Å²) in [7, 11) is 0. The average molecular weight is 184 g/mol. The van der Waals surface area contributed by atoms with E-state index in [1.54, 1.807) is 0 Å². The molecule has 0 radical (unpaired) electrons. The molecule has 0 atom stereocenters. The van der Waals surface area contributed by atoms with Crippen LogP contribution in [-0.4, -0.2) is 11.1 Å². The maximum atomic E-state index is 10.2. The van der Waals surface area contributed by atoms with Crippen LogP contribution in [0.15, 0.2) is 12.2 Å². The molecule has 0 spiro atoms. The first-order valence-electron chi connectivity index (χ1n) is 4.99. The molecule has 0 fully saturated rings. The fraction of sp³-hybridized carbons (Fsp3) is 0.727. The van der Waals surface area contributed by atoms with E-state index in [2.05, 4.69) is 26.0 Å². The maximum Gasteiger partial charge on any atom is 0.303 e. The average Bonchev–Trinajstić information content (AvgIpc) is 2.01. The lowest BCUT2D eigenvalue weighted by Gasteiger charge is -1.96. The van der Waals surface area contributed by atoms with Crippen LogP contribution >= 0.6 is 0 Å². The predicted octanol–water partition coefficient (Wildman–Crippen LogP) is 3.23. The Labute approximate surface area is 80.7 Å². The first-order valence-corrected chi connectivity index (χ1v) is 4.99. The number of unbranched alkanes of at least 4 members (excludes halogenated alkanes) is 2. The summed E-state index contributed by atoms with van der Waals surface area (Å²) in [5.41, 5.74) is 0. The fourth-order valence-corrected chi connectivity index (χ4v) is 1.02. The van der Waals surface area contributed by atoms with Crippen molar-refractivity contribution in [1.29, 1.82) is 0 Å². The van der Waals surface area contributed by atoms with Crippen LogP contribution in [0.2, 0.25) is 0 Å². The summed E-state index contributed by atoms with van der Waals surface area (Å²) in [4.78, 5) is 10.2. The van der Waals surface area contributed by atoms with Crippen LogP contribution in [0.4, 0.5) is 0 Å². The lowest BCUT2D eigenvalue weighted by Crippen LogP contribution is -1.92. The summed E-state index contributed by atoms with van der Waals surface area (Å²) in [5, 5.41) is 8.37. The van der Waals surface area contributed by atoms with Crippen molar-refractivity contribution in [2.75, 3.05) is 0 Å². The molecule has 0 saturated carbocycles. The Hall–Kier alpha value is -0.790. The number of allylic oxidation sites excluding steroid dienone is 2. The second kappa shape index (κ2) is 7.84. The highest BCUT2D eigenvalue weighted by atomic mass is 16.4. The third-order valence-corrected chi connectivity index (χ3v) is 1.79. The zero-order valence-electron chi connectivity index (χ0n) is 8.62. The molecule has 0 aliphatic rings. The normalized spacial score (nSPS) is 11.3. The van der Waals surface area contributed by atoms with E-state index in [4.69, 9.17) is 5.11 Å². The summed E-state index contributed by atoms with van der Waals surface area (Å²) in [6.07, 6.45) is 8.56. The minimum atomic E-state index is -0.689. The van der Waals surface area contributed by atoms with Crippen molar-refractivity contribution in [2.45, 2.75) is 46.0 Å². The van der Waals surface area contributed by atoms with Gasteiger partial charge in [0.15, 0.2) is 0 Å². The van der Waals surface area contributed by atoms with Gasteiger partial charge in [0.2, 0.25) is 0 Å². The molecule has 0 aromatic heterocycles. The van der Waals surface area contributed by atoms with Crippen molar-refractivity contribution in [2.24, 2.45) is 5.92 Å². The van der Waals surface area contributed by atoms with Gasteiger partial charge in [-0.1, -0.05) is 26.0 Å². The van der Waals surface area contributed by atoms with Gasteiger partial charge in [0, 0.05) is 6.42 Å². The Morgan fingerprint density at radius 3 is 2.54 bits per heavy atom. The topological polar surface area (TPSA) is 37.3 Å². The van der Waals surface area contributed by atoms with Gasteiger partial charge in [0.25, 0.3) is 0 Å². The molecule has 0 amide bonds. The number of aliphatic carboxylic acids is 1. The van der Waals surface area contributed by atoms with E-state index in [0.717, 1.165) is 31.6 Å². The standard InChI is InChI=1S/C11H20O2/c1-10(2)8-6-4-3-5-7-9-11(12)13/h4,6,10H,3,5,7-9H2,1-2H3,(H,12,13)/b6-4+. The van der Waals surface area contributed by atoms with Crippen LogP contribution in [0.25, 0.3) is 0 Å². The van der Waals surface area contributed by atoms with E-state index < -0.39 is 5.97 Å². The van der Waals surface area contributed by atoms with Gasteiger partial charge in [-0.25, -0.2) is 0 Å². The van der Waals surface area contributed by atoms with E-state index in [1.807, 2.05) is 0 Å². The largest absolute Gasteiger partial charge is 0.481 e. The second-order valence-electron chi connectivity index (χ2n) is 3.74. The van der Waals surface area contributed by atoms with Gasteiger partial charge in [0.1, 0.15) is 0 Å². The zero-order valence-corrected chi connectivity index (χ0v) is 8.62. The molecule has 0 heterocycles. The van der Waals surface area contributed by atoms with Gasteiger partial charge < -0.3 is 5.11 Å². The van der Waals surface area contributed by atoms with Gasteiger partial charge in [-0.3, -0.25) is 4.79 Å². The van der Waals surface area contributed by atoms with E-state index in [9.17, 15) is 4.79 Å². The van der Waals surface area contributed by atoms with Crippen molar-refractivity contribution in [1.82, 2.24) is 0 Å². The Morgan fingerprint density at radius 2 is 2.00 bits per heavy atom. The molecule has 0 aromatic carbocycles. The van der Waals surface area contributed by atoms with Crippen molar-refractivity contribution in [3.63, 3.8) is 0 Å². The summed E-state index contributed by atoms with van der Waals surface area (Å²) in [6.45, 7) is 4.38. The molecule has 0 bridgehead atoms. The predicted molar refractivity (Wildman–Crippen MR) is 54.7 cm³/mol. The molecular weight excluding hydrogens is 164 g/mol. The molecule has 0 saturated heterocycles. The van der Waals surface area contributed by atoms with E-state index in [1.165, 1.54) is 0 Å². The Morgan fingerprint density at radius 1 is 1.31 bits per heavy atom. The number of carboxylic acid groups (broad SMARTS) is 1. The number of hydrogen-bond acceptors (Lipinski definition) is 1. The monoisotopic (exact) mass is 184 g/mol. The smallest absolute Gasteiger partial charge is 0.303 e. The Balaban J connectivity index is 3.15.